The first-order valence-electron chi connectivity index (χ1n) is 10.4. The fourth-order valence-electron chi connectivity index (χ4n) is 3.82. The Balaban J connectivity index is 1.81. The molecule has 0 atom stereocenters. The molecule has 160 valence electrons. The van der Waals surface area contributed by atoms with Crippen LogP contribution in [0, 0.1) is 6.92 Å². The number of aryl methyl sites for hydroxylation is 1. The summed E-state index contributed by atoms with van der Waals surface area (Å²) < 4.78 is 8.43. The Morgan fingerprint density at radius 1 is 0.969 bits per heavy atom. The lowest BCUT2D eigenvalue weighted by molar-refractivity contribution is 0.189. The van der Waals surface area contributed by atoms with Crippen LogP contribution in [-0.2, 0) is 11.3 Å². The van der Waals surface area contributed by atoms with E-state index in [1.54, 1.807) is 22.6 Å². The van der Waals surface area contributed by atoms with Gasteiger partial charge >= 0.3 is 0 Å². The van der Waals surface area contributed by atoms with Gasteiger partial charge in [-0.25, -0.2) is 15.0 Å². The Labute approximate surface area is 183 Å². The van der Waals surface area contributed by atoms with Gasteiger partial charge in [-0.1, -0.05) is 42.5 Å². The highest BCUT2D eigenvalue weighted by molar-refractivity contribution is 6.04. The molecule has 0 spiro atoms. The summed E-state index contributed by atoms with van der Waals surface area (Å²) in [6.45, 7) is 2.91. The van der Waals surface area contributed by atoms with Crippen LogP contribution in [0.15, 0.2) is 64.5 Å². The van der Waals surface area contributed by atoms with E-state index in [-0.39, 0.29) is 5.56 Å². The van der Waals surface area contributed by atoms with Crippen LogP contribution >= 0.6 is 0 Å². The van der Waals surface area contributed by atoms with Crippen LogP contribution in [0.2, 0.25) is 0 Å². The van der Waals surface area contributed by atoms with Gasteiger partial charge in [-0.2, -0.15) is 9.78 Å². The normalized spacial score (nSPS) is 11.9. The molecule has 0 radical (unpaired) electrons. The van der Waals surface area contributed by atoms with E-state index in [4.69, 9.17) is 19.7 Å². The topological polar surface area (TPSA) is 87.2 Å². The molecule has 32 heavy (non-hydrogen) atoms. The van der Waals surface area contributed by atoms with Crippen molar-refractivity contribution >= 4 is 39.4 Å². The summed E-state index contributed by atoms with van der Waals surface area (Å²) >= 11 is 0. The van der Waals surface area contributed by atoms with Gasteiger partial charge in [-0.05, 0) is 31.0 Å². The molecule has 0 aliphatic rings. The van der Waals surface area contributed by atoms with Crippen LogP contribution in [0.3, 0.4) is 0 Å². The van der Waals surface area contributed by atoms with Gasteiger partial charge in [0.2, 0.25) is 0 Å². The molecule has 0 aliphatic heterocycles. The molecular weight excluding hydrogens is 404 g/mol. The van der Waals surface area contributed by atoms with Gasteiger partial charge < -0.3 is 4.74 Å². The Kier molecular flexibility index (Phi) is 5.20. The van der Waals surface area contributed by atoms with Crippen molar-refractivity contribution < 1.29 is 4.74 Å². The number of rotatable bonds is 6. The van der Waals surface area contributed by atoms with E-state index in [1.807, 2.05) is 61.5 Å². The van der Waals surface area contributed by atoms with Crippen LogP contribution in [0.25, 0.3) is 33.2 Å². The van der Waals surface area contributed by atoms with Gasteiger partial charge in [0.25, 0.3) is 5.56 Å². The van der Waals surface area contributed by atoms with Gasteiger partial charge in [-0.3, -0.25) is 9.36 Å². The molecule has 0 fully saturated rings. The zero-order chi connectivity index (χ0) is 22.1. The van der Waals surface area contributed by atoms with Crippen molar-refractivity contribution in [3.8, 4) is 0 Å². The van der Waals surface area contributed by atoms with E-state index in [1.165, 1.54) is 0 Å². The fraction of sp³-hybridized carbons (Fsp3) is 0.208. The zero-order valence-corrected chi connectivity index (χ0v) is 17.9. The molecule has 2 aromatic carbocycles. The molecule has 3 heterocycles. The van der Waals surface area contributed by atoms with Gasteiger partial charge in [0, 0.05) is 20.3 Å². The highest BCUT2D eigenvalue weighted by Crippen LogP contribution is 2.25. The van der Waals surface area contributed by atoms with Crippen molar-refractivity contribution in [2.45, 2.75) is 19.9 Å². The summed E-state index contributed by atoms with van der Waals surface area (Å²) in [6, 6.07) is 17.4. The van der Waals surface area contributed by atoms with E-state index in [9.17, 15) is 4.79 Å². The molecule has 8 heteroatoms. The Morgan fingerprint density at radius 3 is 2.44 bits per heavy atom. The number of benzene rings is 2. The van der Waals surface area contributed by atoms with E-state index in [2.05, 4.69) is 5.10 Å². The Hall–Kier alpha value is -3.91. The van der Waals surface area contributed by atoms with Crippen LogP contribution < -0.4 is 5.56 Å². The van der Waals surface area contributed by atoms with E-state index in [0.717, 1.165) is 16.6 Å². The second kappa shape index (κ2) is 8.32. The Bertz CT molecular complexity index is 1520. The zero-order valence-electron chi connectivity index (χ0n) is 17.9. The summed E-state index contributed by atoms with van der Waals surface area (Å²) in [5.41, 5.74) is 3.69. The minimum absolute atomic E-state index is 0.146. The summed E-state index contributed by atoms with van der Waals surface area (Å²) in [5.74, 6) is 0.613. The van der Waals surface area contributed by atoms with Gasteiger partial charge in [0.15, 0.2) is 11.3 Å². The first kappa shape index (κ1) is 20.0. The molecular formula is C24H22N6O2. The summed E-state index contributed by atoms with van der Waals surface area (Å²) in [6.07, 6.45) is 2.45. The SMILES string of the molecule is COCCCn1c(C)nc2c(c1=O)c1nc3ccccc3nc1n2/N=C/c1ccccc1. The monoisotopic (exact) mass is 426 g/mol. The lowest BCUT2D eigenvalue weighted by Gasteiger charge is -2.09. The fourth-order valence-corrected chi connectivity index (χ4v) is 3.82. The summed E-state index contributed by atoms with van der Waals surface area (Å²) in [7, 11) is 1.65. The Morgan fingerprint density at radius 2 is 1.69 bits per heavy atom. The number of ether oxygens (including phenoxy) is 1. The van der Waals surface area contributed by atoms with E-state index in [0.29, 0.717) is 47.6 Å². The number of methoxy groups -OCH3 is 1. The van der Waals surface area contributed by atoms with Crippen molar-refractivity contribution in [1.29, 1.82) is 0 Å². The molecule has 5 aromatic rings. The molecule has 0 saturated heterocycles. The van der Waals surface area contributed by atoms with E-state index < -0.39 is 0 Å². The quantitative estimate of drug-likeness (QED) is 0.306. The van der Waals surface area contributed by atoms with Crippen molar-refractivity contribution in [2.24, 2.45) is 5.10 Å². The molecule has 0 unspecified atom stereocenters. The van der Waals surface area contributed by atoms with Crippen molar-refractivity contribution in [2.75, 3.05) is 13.7 Å². The third-order valence-electron chi connectivity index (χ3n) is 5.38. The first-order valence-corrected chi connectivity index (χ1v) is 10.4. The van der Waals surface area contributed by atoms with E-state index >= 15 is 0 Å². The van der Waals surface area contributed by atoms with Crippen molar-refractivity contribution in [3.05, 3.63) is 76.3 Å². The third kappa shape index (κ3) is 3.44. The molecule has 0 saturated carbocycles. The number of nitrogens with zero attached hydrogens (tertiary/aromatic N) is 6. The molecule has 0 aliphatic carbocycles. The molecule has 0 N–H and O–H groups in total. The third-order valence-corrected chi connectivity index (χ3v) is 5.38. The highest BCUT2D eigenvalue weighted by atomic mass is 16.5. The second-order valence-electron chi connectivity index (χ2n) is 7.51. The summed E-state index contributed by atoms with van der Waals surface area (Å²) in [5, 5.41) is 5.07. The largest absolute Gasteiger partial charge is 0.385 e. The predicted octanol–water partition coefficient (Wildman–Crippen LogP) is 3.52. The molecule has 0 amide bonds. The maximum Gasteiger partial charge on any atom is 0.265 e. The lowest BCUT2D eigenvalue weighted by atomic mass is 10.2. The van der Waals surface area contributed by atoms with Crippen molar-refractivity contribution in [3.63, 3.8) is 0 Å². The predicted molar refractivity (Wildman–Crippen MR) is 125 cm³/mol. The number of fused-ring (bicyclic) bond motifs is 4. The average Bonchev–Trinajstić information content (AvgIpc) is 3.11. The number of hydrogen-bond donors (Lipinski definition) is 0. The highest BCUT2D eigenvalue weighted by Gasteiger charge is 2.21. The minimum Gasteiger partial charge on any atom is -0.385 e. The number of hydrogen-bond acceptors (Lipinski definition) is 6. The number of para-hydroxylation sites is 2. The molecule has 5 rings (SSSR count). The van der Waals surface area contributed by atoms with Crippen LogP contribution in [0.1, 0.15) is 17.8 Å². The number of aromatic nitrogens is 5. The maximum atomic E-state index is 13.5. The van der Waals surface area contributed by atoms with Gasteiger partial charge in [0.05, 0.1) is 17.2 Å². The first-order chi connectivity index (χ1) is 15.7. The van der Waals surface area contributed by atoms with Crippen molar-refractivity contribution in [1.82, 2.24) is 24.2 Å². The molecule has 0 bridgehead atoms. The van der Waals surface area contributed by atoms with Crippen LogP contribution in [-0.4, -0.2) is 44.1 Å². The summed E-state index contributed by atoms with van der Waals surface area (Å²) in [4.78, 5) is 27.8. The maximum absolute atomic E-state index is 13.5. The lowest BCUT2D eigenvalue weighted by Crippen LogP contribution is -2.24. The van der Waals surface area contributed by atoms with Gasteiger partial charge in [-0.15, -0.1) is 0 Å². The van der Waals surface area contributed by atoms with Gasteiger partial charge in [0.1, 0.15) is 16.7 Å². The molecule has 8 nitrogen and oxygen atoms in total. The smallest absolute Gasteiger partial charge is 0.265 e. The van der Waals surface area contributed by atoms with Crippen LogP contribution in [0.4, 0.5) is 0 Å². The standard InChI is InChI=1S/C24H22N6O2/c1-16-26-22-20(24(31)29(16)13-8-14-32-2)21-23(28-19-12-7-6-11-18(19)27-21)30(22)25-15-17-9-4-3-5-10-17/h3-7,9-12,15H,8,13-14H2,1-2H3/b25-15+. The second-order valence-corrected chi connectivity index (χ2v) is 7.51. The van der Waals surface area contributed by atoms with Crippen LogP contribution in [0.5, 0.6) is 0 Å². The minimum atomic E-state index is -0.146. The molecule has 3 aromatic heterocycles. The average molecular weight is 426 g/mol.